The predicted octanol–water partition coefficient (Wildman–Crippen LogP) is 0.631. The van der Waals surface area contributed by atoms with Crippen LogP contribution in [0.5, 0.6) is 0 Å². The first-order valence-electron chi connectivity index (χ1n) is 5.65. The molecule has 0 bridgehead atoms. The van der Waals surface area contributed by atoms with Crippen molar-refractivity contribution in [1.82, 2.24) is 15.1 Å². The molecule has 2 rings (SSSR count). The quantitative estimate of drug-likeness (QED) is 0.860. The molecule has 2 heterocycles. The lowest BCUT2D eigenvalue weighted by molar-refractivity contribution is 0.191. The third kappa shape index (κ3) is 3.06. The minimum absolute atomic E-state index is 0.274. The van der Waals surface area contributed by atoms with Crippen LogP contribution in [0.2, 0.25) is 5.15 Å². The molecule has 1 N–H and O–H groups in total. The van der Waals surface area contributed by atoms with Crippen molar-refractivity contribution in [1.29, 1.82) is 0 Å². The lowest BCUT2D eigenvalue weighted by Gasteiger charge is -2.27. The molecule has 2 atom stereocenters. The maximum absolute atomic E-state index is 9.76. The van der Waals surface area contributed by atoms with Crippen molar-refractivity contribution in [2.24, 2.45) is 0 Å². The van der Waals surface area contributed by atoms with Gasteiger partial charge in [-0.1, -0.05) is 11.6 Å². The Kier molecular flexibility index (Phi) is 3.81. The van der Waals surface area contributed by atoms with Crippen LogP contribution in [0.4, 0.5) is 5.82 Å². The zero-order chi connectivity index (χ0) is 12.4. The molecular formula is C11H17ClN4O. The largest absolute Gasteiger partial charge is 0.391 e. The first kappa shape index (κ1) is 12.5. The normalized spacial score (nSPS) is 24.6. The number of hydrogen-bond acceptors (Lipinski definition) is 5. The highest BCUT2D eigenvalue weighted by molar-refractivity contribution is 6.29. The van der Waals surface area contributed by atoms with E-state index in [-0.39, 0.29) is 12.1 Å². The van der Waals surface area contributed by atoms with Crippen molar-refractivity contribution in [3.63, 3.8) is 0 Å². The zero-order valence-electron chi connectivity index (χ0n) is 10.0. The van der Waals surface area contributed by atoms with Crippen molar-refractivity contribution in [3.8, 4) is 0 Å². The first-order chi connectivity index (χ1) is 8.06. The van der Waals surface area contributed by atoms with Gasteiger partial charge in [0, 0.05) is 19.1 Å². The van der Waals surface area contributed by atoms with Gasteiger partial charge in [0.2, 0.25) is 0 Å². The molecule has 6 heteroatoms. The van der Waals surface area contributed by atoms with E-state index in [9.17, 15) is 5.11 Å². The van der Waals surface area contributed by atoms with Gasteiger partial charge in [-0.05, 0) is 32.6 Å². The Morgan fingerprint density at radius 3 is 2.82 bits per heavy atom. The van der Waals surface area contributed by atoms with Crippen molar-refractivity contribution >= 4 is 17.4 Å². The highest BCUT2D eigenvalue weighted by atomic mass is 35.5. The lowest BCUT2D eigenvalue weighted by atomic mass is 10.2. The van der Waals surface area contributed by atoms with Crippen molar-refractivity contribution in [2.75, 3.05) is 32.1 Å². The Balaban J connectivity index is 2.14. The summed E-state index contributed by atoms with van der Waals surface area (Å²) in [5.74, 6) is 0.776. The predicted molar refractivity (Wildman–Crippen MR) is 67.4 cm³/mol. The molecule has 1 aliphatic heterocycles. The number of rotatable bonds is 3. The summed E-state index contributed by atoms with van der Waals surface area (Å²) < 4.78 is 0. The van der Waals surface area contributed by atoms with Crippen LogP contribution < -0.4 is 4.90 Å². The van der Waals surface area contributed by atoms with Gasteiger partial charge in [-0.2, -0.15) is 0 Å². The Morgan fingerprint density at radius 2 is 2.24 bits per heavy atom. The van der Waals surface area contributed by atoms with Crippen molar-refractivity contribution in [2.45, 2.75) is 18.6 Å². The fourth-order valence-corrected chi connectivity index (χ4v) is 2.33. The second-order valence-electron chi connectivity index (χ2n) is 4.67. The van der Waals surface area contributed by atoms with Gasteiger partial charge in [0.05, 0.1) is 6.10 Å². The van der Waals surface area contributed by atoms with Gasteiger partial charge in [-0.3, -0.25) is 0 Å². The number of aromatic nitrogens is 2. The van der Waals surface area contributed by atoms with E-state index in [0.717, 1.165) is 18.8 Å². The zero-order valence-corrected chi connectivity index (χ0v) is 10.8. The van der Waals surface area contributed by atoms with E-state index in [1.165, 1.54) is 0 Å². The summed E-state index contributed by atoms with van der Waals surface area (Å²) in [4.78, 5) is 4.20. The molecule has 1 fully saturated rings. The number of likely N-dealkylation sites (N-methyl/N-ethyl adjacent to an activating group) is 1. The third-order valence-corrected chi connectivity index (χ3v) is 3.08. The number of aliphatic hydroxyl groups excluding tert-OH is 1. The van der Waals surface area contributed by atoms with Crippen molar-refractivity contribution in [3.05, 3.63) is 17.3 Å². The highest BCUT2D eigenvalue weighted by Crippen LogP contribution is 2.24. The van der Waals surface area contributed by atoms with Crippen LogP contribution in [-0.4, -0.2) is 59.5 Å². The van der Waals surface area contributed by atoms with E-state index in [2.05, 4.69) is 20.0 Å². The van der Waals surface area contributed by atoms with E-state index in [1.54, 1.807) is 6.07 Å². The van der Waals surface area contributed by atoms with Gasteiger partial charge in [0.1, 0.15) is 0 Å². The third-order valence-electron chi connectivity index (χ3n) is 2.88. The van der Waals surface area contributed by atoms with Crippen LogP contribution in [0.3, 0.4) is 0 Å². The summed E-state index contributed by atoms with van der Waals surface area (Å²) >= 11 is 5.72. The average Bonchev–Trinajstić information content (AvgIpc) is 2.59. The summed E-state index contributed by atoms with van der Waals surface area (Å²) in [5, 5.41) is 18.1. The number of hydrogen-bond donors (Lipinski definition) is 1. The van der Waals surface area contributed by atoms with Crippen LogP contribution in [0.1, 0.15) is 6.42 Å². The topological polar surface area (TPSA) is 52.5 Å². The summed E-state index contributed by atoms with van der Waals surface area (Å²) in [6.45, 7) is 1.50. The molecule has 17 heavy (non-hydrogen) atoms. The van der Waals surface area contributed by atoms with Crippen LogP contribution in [0.25, 0.3) is 0 Å². The fourth-order valence-electron chi connectivity index (χ4n) is 2.23. The molecule has 0 saturated carbocycles. The second kappa shape index (κ2) is 5.16. The molecule has 2 unspecified atom stereocenters. The molecule has 0 spiro atoms. The molecule has 94 valence electrons. The van der Waals surface area contributed by atoms with Crippen LogP contribution in [0.15, 0.2) is 12.1 Å². The summed E-state index contributed by atoms with van der Waals surface area (Å²) in [6, 6.07) is 3.84. The maximum atomic E-state index is 9.76. The SMILES string of the molecule is CN(C)CC1CC(O)CN1c1ccc(Cl)nn1. The average molecular weight is 257 g/mol. The van der Waals surface area contributed by atoms with E-state index in [1.807, 2.05) is 20.2 Å². The summed E-state index contributed by atoms with van der Waals surface area (Å²) in [7, 11) is 4.05. The molecule has 0 aromatic carbocycles. The van der Waals surface area contributed by atoms with Crippen LogP contribution in [0, 0.1) is 0 Å². The number of β-amino-alcohol motifs (C(OH)–C–C–N with tert-alkyl or cyclic N) is 1. The molecule has 0 aliphatic carbocycles. The van der Waals surface area contributed by atoms with Crippen LogP contribution >= 0.6 is 11.6 Å². The van der Waals surface area contributed by atoms with Crippen molar-refractivity contribution < 1.29 is 5.11 Å². The number of halogens is 1. The van der Waals surface area contributed by atoms with E-state index in [0.29, 0.717) is 11.7 Å². The molecule has 1 aromatic rings. The van der Waals surface area contributed by atoms with Gasteiger partial charge >= 0.3 is 0 Å². The highest BCUT2D eigenvalue weighted by Gasteiger charge is 2.32. The summed E-state index contributed by atoms with van der Waals surface area (Å²) in [5.41, 5.74) is 0. The Bertz CT molecular complexity index is 370. The number of anilines is 1. The summed E-state index contributed by atoms with van der Waals surface area (Å²) in [6.07, 6.45) is 0.472. The van der Waals surface area contributed by atoms with Gasteiger partial charge in [-0.15, -0.1) is 10.2 Å². The van der Waals surface area contributed by atoms with Gasteiger partial charge < -0.3 is 14.9 Å². The lowest BCUT2D eigenvalue weighted by Crippen LogP contribution is -2.38. The fraction of sp³-hybridized carbons (Fsp3) is 0.636. The smallest absolute Gasteiger partial charge is 0.151 e. The maximum Gasteiger partial charge on any atom is 0.151 e. The molecule has 0 amide bonds. The Morgan fingerprint density at radius 1 is 1.47 bits per heavy atom. The standard InChI is InChI=1S/C11H17ClN4O/c1-15(2)6-8-5-9(17)7-16(8)11-4-3-10(12)13-14-11/h3-4,8-9,17H,5-7H2,1-2H3. The Hall–Kier alpha value is -0.910. The van der Waals surface area contributed by atoms with Gasteiger partial charge in [0.15, 0.2) is 11.0 Å². The molecular weight excluding hydrogens is 240 g/mol. The van der Waals surface area contributed by atoms with Gasteiger partial charge in [-0.25, -0.2) is 0 Å². The number of aliphatic hydroxyl groups is 1. The molecule has 1 aliphatic rings. The molecule has 1 saturated heterocycles. The molecule has 5 nitrogen and oxygen atoms in total. The monoisotopic (exact) mass is 256 g/mol. The second-order valence-corrected chi connectivity index (χ2v) is 5.06. The van der Waals surface area contributed by atoms with E-state index < -0.39 is 0 Å². The van der Waals surface area contributed by atoms with Crippen LogP contribution in [-0.2, 0) is 0 Å². The molecule has 0 radical (unpaired) electrons. The Labute approximate surface area is 106 Å². The number of nitrogens with zero attached hydrogens (tertiary/aromatic N) is 4. The van der Waals surface area contributed by atoms with E-state index >= 15 is 0 Å². The van der Waals surface area contributed by atoms with E-state index in [4.69, 9.17) is 11.6 Å². The first-order valence-corrected chi connectivity index (χ1v) is 6.02. The molecule has 1 aromatic heterocycles. The minimum atomic E-state index is -0.294. The van der Waals surface area contributed by atoms with Gasteiger partial charge in [0.25, 0.3) is 0 Å². The minimum Gasteiger partial charge on any atom is -0.391 e.